The monoisotopic (exact) mass is 600 g/mol. The van der Waals surface area contributed by atoms with Gasteiger partial charge in [0.2, 0.25) is 5.91 Å². The van der Waals surface area contributed by atoms with Gasteiger partial charge in [-0.05, 0) is 72.9 Å². The highest BCUT2D eigenvalue weighted by Gasteiger charge is 2.44. The van der Waals surface area contributed by atoms with E-state index >= 15 is 0 Å². The molecule has 2 aromatic carbocycles. The van der Waals surface area contributed by atoms with Crippen molar-refractivity contribution in [3.05, 3.63) is 131 Å². The topological polar surface area (TPSA) is 166 Å². The minimum absolute atomic E-state index is 0.0183. The lowest BCUT2D eigenvalue weighted by Crippen LogP contribution is -2.28. The number of benzene rings is 2. The van der Waals surface area contributed by atoms with Crippen molar-refractivity contribution in [2.24, 2.45) is 17.6 Å². The Morgan fingerprint density at radius 3 is 1.64 bits per heavy atom. The fourth-order valence-electron chi connectivity index (χ4n) is 4.96. The van der Waals surface area contributed by atoms with E-state index in [1.54, 1.807) is 24.5 Å². The molecule has 2 saturated carbocycles. The number of amides is 1. The molecule has 2 fully saturated rings. The number of nitriles is 2. The standard InChI is InChI=1S/C18H17N3O.C10H10O2.C8H9N3/c1-12(14-7-8-15(10-19)20-11-14)21-18(22)17-9-16(17)13-5-3-2-4-6-13;11-10(12)9-6-8(9)7-4-2-1-3-5-7;1-6(10)7-2-3-8(4-9)11-5-7/h2-8,11-12,16-17H,9H2,1H3,(H,21,22);1-5,8-9H,6H2,(H,11,12);2-3,5-6H,10H2,1H3/t12-,16+,17-;8-,9+;6-/m010/s1. The van der Waals surface area contributed by atoms with E-state index in [1.165, 1.54) is 5.56 Å². The van der Waals surface area contributed by atoms with Gasteiger partial charge in [0.15, 0.2) is 0 Å². The summed E-state index contributed by atoms with van der Waals surface area (Å²) in [5.41, 5.74) is 10.6. The molecule has 0 unspecified atom stereocenters. The van der Waals surface area contributed by atoms with Gasteiger partial charge < -0.3 is 16.2 Å². The Hall–Kier alpha value is -5.38. The van der Waals surface area contributed by atoms with Crippen molar-refractivity contribution in [2.45, 2.75) is 50.6 Å². The number of hydrogen-bond acceptors (Lipinski definition) is 7. The van der Waals surface area contributed by atoms with E-state index in [0.717, 1.165) is 29.5 Å². The first-order chi connectivity index (χ1) is 21.7. The molecule has 0 radical (unpaired) electrons. The molecule has 6 rings (SSSR count). The second-order valence-corrected chi connectivity index (χ2v) is 11.3. The van der Waals surface area contributed by atoms with Gasteiger partial charge >= 0.3 is 5.97 Å². The summed E-state index contributed by atoms with van der Waals surface area (Å²) in [5, 5.41) is 28.9. The van der Waals surface area contributed by atoms with Crippen LogP contribution in [0.15, 0.2) is 97.3 Å². The van der Waals surface area contributed by atoms with Crippen LogP contribution < -0.4 is 11.1 Å². The zero-order valence-electron chi connectivity index (χ0n) is 25.2. The van der Waals surface area contributed by atoms with Crippen LogP contribution >= 0.6 is 0 Å². The second kappa shape index (κ2) is 15.4. The molecule has 0 spiro atoms. The molecular formula is C36H36N6O3. The zero-order valence-corrected chi connectivity index (χ0v) is 25.2. The number of hydrogen-bond donors (Lipinski definition) is 3. The van der Waals surface area contributed by atoms with Crippen LogP contribution in [0.25, 0.3) is 0 Å². The van der Waals surface area contributed by atoms with Crippen LogP contribution in [0, 0.1) is 34.5 Å². The van der Waals surface area contributed by atoms with Crippen LogP contribution in [0.3, 0.4) is 0 Å². The molecule has 2 heterocycles. The Kier molecular flexibility index (Phi) is 11.1. The molecule has 6 atom stereocenters. The summed E-state index contributed by atoms with van der Waals surface area (Å²) in [6.45, 7) is 3.81. The lowest BCUT2D eigenvalue weighted by atomic mass is 10.1. The van der Waals surface area contributed by atoms with Crippen molar-refractivity contribution in [2.75, 3.05) is 0 Å². The second-order valence-electron chi connectivity index (χ2n) is 11.3. The number of rotatable bonds is 7. The van der Waals surface area contributed by atoms with Gasteiger partial charge in [-0.15, -0.1) is 0 Å². The summed E-state index contributed by atoms with van der Waals surface area (Å²) in [6.07, 6.45) is 4.99. The summed E-state index contributed by atoms with van der Waals surface area (Å²) in [7, 11) is 0. The number of nitrogens with zero attached hydrogens (tertiary/aromatic N) is 4. The molecule has 45 heavy (non-hydrogen) atoms. The maximum atomic E-state index is 12.3. The first-order valence-electron chi connectivity index (χ1n) is 14.8. The van der Waals surface area contributed by atoms with Gasteiger partial charge in [-0.1, -0.05) is 72.8 Å². The smallest absolute Gasteiger partial charge is 0.307 e. The molecule has 0 bridgehead atoms. The molecule has 1 amide bonds. The Bertz CT molecular complexity index is 1650. The highest BCUT2D eigenvalue weighted by Crippen LogP contribution is 2.48. The molecule has 0 aliphatic heterocycles. The molecule has 4 aromatic rings. The van der Waals surface area contributed by atoms with Crippen molar-refractivity contribution < 1.29 is 14.7 Å². The summed E-state index contributed by atoms with van der Waals surface area (Å²) in [4.78, 5) is 30.8. The summed E-state index contributed by atoms with van der Waals surface area (Å²) < 4.78 is 0. The minimum atomic E-state index is -0.663. The van der Waals surface area contributed by atoms with E-state index in [-0.39, 0.29) is 35.7 Å². The predicted octanol–water partition coefficient (Wildman–Crippen LogP) is 5.78. The van der Waals surface area contributed by atoms with Crippen molar-refractivity contribution in [1.29, 1.82) is 10.5 Å². The summed E-state index contributed by atoms with van der Waals surface area (Å²) in [6, 6.07) is 30.8. The van der Waals surface area contributed by atoms with Crippen molar-refractivity contribution in [3.8, 4) is 12.1 Å². The predicted molar refractivity (Wildman–Crippen MR) is 169 cm³/mol. The van der Waals surface area contributed by atoms with E-state index in [2.05, 4.69) is 27.4 Å². The Balaban J connectivity index is 0.000000169. The summed E-state index contributed by atoms with van der Waals surface area (Å²) >= 11 is 0. The molecule has 9 nitrogen and oxygen atoms in total. The van der Waals surface area contributed by atoms with Gasteiger partial charge in [0, 0.05) is 24.4 Å². The highest BCUT2D eigenvalue weighted by atomic mass is 16.4. The van der Waals surface area contributed by atoms with Gasteiger partial charge in [0.25, 0.3) is 0 Å². The normalized spacial score (nSPS) is 20.2. The van der Waals surface area contributed by atoms with Crippen LogP contribution in [0.2, 0.25) is 0 Å². The number of aliphatic carboxylic acids is 1. The quantitative estimate of drug-likeness (QED) is 0.240. The first kappa shape index (κ1) is 32.5. The molecule has 0 saturated heterocycles. The number of nitrogens with two attached hydrogens (primary N) is 1. The van der Waals surface area contributed by atoms with Crippen molar-refractivity contribution in [1.82, 2.24) is 15.3 Å². The molecule has 2 aromatic heterocycles. The number of nitrogens with one attached hydrogen (secondary N) is 1. The van der Waals surface area contributed by atoms with Crippen LogP contribution in [0.5, 0.6) is 0 Å². The SMILES string of the molecule is C[C@H](N)c1ccc(C#N)nc1.C[C@H](NC(=O)[C@H]1C[C@@H]1c1ccccc1)c1ccc(C#N)nc1.O=C(O)[C@H]1C[C@@H]1c1ccccc1. The van der Waals surface area contributed by atoms with E-state index in [9.17, 15) is 9.59 Å². The Labute approximate surface area is 263 Å². The molecule has 9 heteroatoms. The maximum Gasteiger partial charge on any atom is 0.307 e. The van der Waals surface area contributed by atoms with Gasteiger partial charge in [-0.2, -0.15) is 10.5 Å². The van der Waals surface area contributed by atoms with E-state index in [4.69, 9.17) is 21.4 Å². The van der Waals surface area contributed by atoms with Gasteiger partial charge in [0.1, 0.15) is 23.5 Å². The number of carboxylic acid groups (broad SMARTS) is 1. The fraction of sp³-hybridized carbons (Fsp3) is 0.278. The zero-order chi connectivity index (χ0) is 32.3. The minimum Gasteiger partial charge on any atom is -0.481 e. The fourth-order valence-corrected chi connectivity index (χ4v) is 4.96. The number of pyridine rings is 2. The van der Waals surface area contributed by atoms with E-state index < -0.39 is 5.97 Å². The third-order valence-electron chi connectivity index (χ3n) is 7.88. The molecule has 4 N–H and O–H groups in total. The summed E-state index contributed by atoms with van der Waals surface area (Å²) in [5.74, 6) is -0.0330. The Morgan fingerprint density at radius 1 is 0.778 bits per heavy atom. The van der Waals surface area contributed by atoms with Gasteiger partial charge in [0.05, 0.1) is 12.0 Å². The third-order valence-corrected chi connectivity index (χ3v) is 7.88. The molecule has 2 aliphatic carbocycles. The molecular weight excluding hydrogens is 564 g/mol. The van der Waals surface area contributed by atoms with E-state index in [0.29, 0.717) is 17.3 Å². The average Bonchev–Trinajstić information content (AvgIpc) is 4.01. The largest absolute Gasteiger partial charge is 0.481 e. The molecule has 228 valence electrons. The van der Waals surface area contributed by atoms with Crippen LogP contribution in [-0.2, 0) is 9.59 Å². The molecule has 2 aliphatic rings. The van der Waals surface area contributed by atoms with Crippen LogP contribution in [-0.4, -0.2) is 27.0 Å². The van der Waals surface area contributed by atoms with Crippen LogP contribution in [0.4, 0.5) is 0 Å². The van der Waals surface area contributed by atoms with Crippen molar-refractivity contribution in [3.63, 3.8) is 0 Å². The number of carbonyl (C=O) groups excluding carboxylic acids is 1. The van der Waals surface area contributed by atoms with Gasteiger partial charge in [-0.25, -0.2) is 9.97 Å². The number of aromatic nitrogens is 2. The van der Waals surface area contributed by atoms with Crippen LogP contribution in [0.1, 0.15) is 84.3 Å². The average molecular weight is 601 g/mol. The number of carboxylic acids is 1. The lowest BCUT2D eigenvalue weighted by molar-refractivity contribution is -0.138. The number of carbonyl (C=O) groups is 2. The third kappa shape index (κ3) is 9.30. The lowest BCUT2D eigenvalue weighted by Gasteiger charge is -2.14. The maximum absolute atomic E-state index is 12.3. The Morgan fingerprint density at radius 2 is 1.24 bits per heavy atom. The highest BCUT2D eigenvalue weighted by molar-refractivity contribution is 5.83. The van der Waals surface area contributed by atoms with Gasteiger partial charge in [-0.3, -0.25) is 9.59 Å². The first-order valence-corrected chi connectivity index (χ1v) is 14.8. The van der Waals surface area contributed by atoms with Crippen molar-refractivity contribution >= 4 is 11.9 Å². The van der Waals surface area contributed by atoms with E-state index in [1.807, 2.05) is 86.6 Å².